The molecule has 0 fully saturated rings. The second-order valence-electron chi connectivity index (χ2n) is 12.5. The molecule has 0 aliphatic heterocycles. The van der Waals surface area contributed by atoms with Crippen molar-refractivity contribution in [3.63, 3.8) is 0 Å². The van der Waals surface area contributed by atoms with E-state index >= 15 is 0 Å². The van der Waals surface area contributed by atoms with Crippen LogP contribution in [0.15, 0.2) is 73.2 Å². The number of H-pyrrole nitrogens is 2. The van der Waals surface area contributed by atoms with Crippen LogP contribution >= 0.6 is 0 Å². The number of nitrogens with one attached hydrogen (secondary N) is 3. The van der Waals surface area contributed by atoms with Crippen LogP contribution in [0.1, 0.15) is 80.3 Å². The first kappa shape index (κ1) is 36.0. The highest BCUT2D eigenvalue weighted by Gasteiger charge is 2.26. The highest BCUT2D eigenvalue weighted by atomic mass is 19.3. The van der Waals surface area contributed by atoms with Gasteiger partial charge in [0.15, 0.2) is 12.5 Å². The fourth-order valence-corrected chi connectivity index (χ4v) is 5.64. The number of nitrogens with zero attached hydrogens (tertiary/aromatic N) is 5. The Morgan fingerprint density at radius 1 is 0.940 bits per heavy atom. The number of fused-ring (bicyclic) bond motifs is 1. The van der Waals surface area contributed by atoms with Crippen molar-refractivity contribution in [1.82, 2.24) is 34.7 Å². The summed E-state index contributed by atoms with van der Waals surface area (Å²) >= 11 is 0. The number of rotatable bonds is 15. The number of hydrogen-bond acceptors (Lipinski definition) is 5. The number of carbonyl (C=O) groups is 1. The van der Waals surface area contributed by atoms with Crippen LogP contribution in [-0.2, 0) is 12.6 Å². The Morgan fingerprint density at radius 2 is 1.68 bits per heavy atom. The minimum absolute atomic E-state index is 0.110. The van der Waals surface area contributed by atoms with Gasteiger partial charge in [-0.25, -0.2) is 22.6 Å². The smallest absolute Gasteiger partial charge is 0.337 e. The molecule has 4 heterocycles. The van der Waals surface area contributed by atoms with Crippen LogP contribution in [0.5, 0.6) is 0 Å². The number of unbranched alkanes of at least 4 members (excludes halogenated alkanes) is 6. The Morgan fingerprint density at radius 3 is 2.38 bits per heavy atom. The zero-order valence-electron chi connectivity index (χ0n) is 28.5. The Balaban J connectivity index is 0.000000194. The molecule has 4 aromatic heterocycles. The second kappa shape index (κ2) is 16.4. The van der Waals surface area contributed by atoms with Crippen molar-refractivity contribution in [2.24, 2.45) is 0 Å². The summed E-state index contributed by atoms with van der Waals surface area (Å²) in [5, 5.41) is 26.1. The van der Waals surface area contributed by atoms with Crippen LogP contribution in [0.25, 0.3) is 33.5 Å². The van der Waals surface area contributed by atoms with Crippen molar-refractivity contribution in [1.29, 1.82) is 0 Å². The number of anilines is 1. The molecule has 0 atom stereocenters. The number of carboxylic acid groups (broad SMARTS) is 1. The monoisotopic (exact) mass is 688 g/mol. The molecule has 6 aromatic rings. The van der Waals surface area contributed by atoms with Gasteiger partial charge in [0.05, 0.1) is 40.6 Å². The van der Waals surface area contributed by atoms with Crippen LogP contribution in [0.3, 0.4) is 0 Å². The summed E-state index contributed by atoms with van der Waals surface area (Å²) in [5.41, 5.74) is 4.02. The lowest BCUT2D eigenvalue weighted by Gasteiger charge is -2.05. The molecule has 2 aromatic carbocycles. The first-order valence-corrected chi connectivity index (χ1v) is 16.9. The van der Waals surface area contributed by atoms with Crippen molar-refractivity contribution in [3.05, 3.63) is 95.7 Å². The molecule has 0 bridgehead atoms. The number of aromatic carboxylic acids is 1. The van der Waals surface area contributed by atoms with Gasteiger partial charge in [-0.15, -0.1) is 5.10 Å². The van der Waals surface area contributed by atoms with E-state index in [1.54, 1.807) is 25.3 Å². The quantitative estimate of drug-likeness (QED) is 0.0796. The van der Waals surface area contributed by atoms with Crippen molar-refractivity contribution < 1.29 is 23.1 Å². The third kappa shape index (κ3) is 9.64. The third-order valence-corrected chi connectivity index (χ3v) is 8.23. The number of halogens is 3. The fraction of sp³-hybridized carbons (Fsp3) is 0.351. The van der Waals surface area contributed by atoms with E-state index in [0.717, 1.165) is 42.0 Å². The zero-order valence-corrected chi connectivity index (χ0v) is 28.5. The lowest BCUT2D eigenvalue weighted by molar-refractivity contribution is 0.0173. The van der Waals surface area contributed by atoms with E-state index in [1.165, 1.54) is 72.5 Å². The molecular formula is C37H43F3N8O2. The maximum Gasteiger partial charge on any atom is 0.337 e. The van der Waals surface area contributed by atoms with Crippen molar-refractivity contribution >= 4 is 22.7 Å². The predicted molar refractivity (Wildman–Crippen MR) is 189 cm³/mol. The number of carboxylic acids is 1. The van der Waals surface area contributed by atoms with Crippen LogP contribution in [-0.4, -0.2) is 52.4 Å². The van der Waals surface area contributed by atoms with E-state index < -0.39 is 17.7 Å². The number of para-hydroxylation sites is 1. The standard InChI is InChI=1S/C20H15FN2O2.C17H28F2N6/c1-11-6-13(8-14(21)7-11)19-15(20(24)25)10-18(23-19)17-9-12-4-2-3-5-16(12)22-17;1-3-4-5-6-7-8-9-10-20-16-12-22-25(23-16)14-24-13-15(11-21-24)17(2,18)19/h2-10,22-23H,1H3,(H,24,25);11-13H,3-10,14H2,1-2H3,(H,20,23). The normalized spacial score (nSPS) is 11.5. The number of aromatic nitrogens is 7. The zero-order chi connectivity index (χ0) is 35.7. The largest absolute Gasteiger partial charge is 0.478 e. The van der Waals surface area contributed by atoms with Crippen molar-refractivity contribution in [3.8, 4) is 22.6 Å². The van der Waals surface area contributed by atoms with Gasteiger partial charge in [-0.3, -0.25) is 0 Å². The Bertz CT molecular complexity index is 1950. The third-order valence-electron chi connectivity index (χ3n) is 8.23. The first-order chi connectivity index (χ1) is 24.0. The highest BCUT2D eigenvalue weighted by molar-refractivity contribution is 5.97. The Hall–Kier alpha value is -5.33. The number of alkyl halides is 2. The molecule has 10 nitrogen and oxygen atoms in total. The van der Waals surface area contributed by atoms with Gasteiger partial charge in [0, 0.05) is 36.1 Å². The SMILES string of the molecule is CCCCCCCCCNc1cnn(Cn2cc(C(C)(F)F)cn2)n1.Cc1cc(F)cc(-c2[nH]c(-c3cc4ccccc4[nH]3)cc2C(=O)O)c1. The average Bonchev–Trinajstić information content (AvgIpc) is 3.88. The van der Waals surface area contributed by atoms with E-state index in [1.807, 2.05) is 30.3 Å². The molecule has 13 heteroatoms. The van der Waals surface area contributed by atoms with Crippen LogP contribution < -0.4 is 5.32 Å². The summed E-state index contributed by atoms with van der Waals surface area (Å²) in [5.74, 6) is -3.65. The maximum absolute atomic E-state index is 13.7. The predicted octanol–water partition coefficient (Wildman–Crippen LogP) is 9.23. The summed E-state index contributed by atoms with van der Waals surface area (Å²) in [6, 6.07) is 15.8. The van der Waals surface area contributed by atoms with Crippen molar-refractivity contribution in [2.45, 2.75) is 78.3 Å². The van der Waals surface area contributed by atoms with Crippen LogP contribution in [0.2, 0.25) is 0 Å². The molecule has 0 radical (unpaired) electrons. The topological polar surface area (TPSA) is 129 Å². The molecule has 0 saturated carbocycles. The van der Waals surface area contributed by atoms with Crippen LogP contribution in [0.4, 0.5) is 19.0 Å². The molecule has 4 N–H and O–H groups in total. The van der Waals surface area contributed by atoms with Gasteiger partial charge in [0.25, 0.3) is 5.92 Å². The molecule has 0 aliphatic rings. The summed E-state index contributed by atoms with van der Waals surface area (Å²) < 4.78 is 41.5. The maximum atomic E-state index is 13.7. The van der Waals surface area contributed by atoms with E-state index in [9.17, 15) is 23.1 Å². The summed E-state index contributed by atoms with van der Waals surface area (Å²) in [6.07, 6.45) is 13.0. The minimum atomic E-state index is -2.89. The van der Waals surface area contributed by atoms with Gasteiger partial charge in [-0.05, 0) is 55.3 Å². The number of aromatic amines is 2. The average molecular weight is 689 g/mol. The Labute approximate surface area is 288 Å². The minimum Gasteiger partial charge on any atom is -0.478 e. The molecule has 50 heavy (non-hydrogen) atoms. The lowest BCUT2D eigenvalue weighted by Crippen LogP contribution is -2.12. The number of aryl methyl sites for hydroxylation is 1. The van der Waals surface area contributed by atoms with E-state index in [-0.39, 0.29) is 17.8 Å². The van der Waals surface area contributed by atoms with Gasteiger partial charge in [0.2, 0.25) is 0 Å². The molecule has 0 amide bonds. The van der Waals surface area contributed by atoms with Gasteiger partial charge in [0.1, 0.15) is 5.82 Å². The molecule has 264 valence electrons. The molecule has 0 unspecified atom stereocenters. The Kier molecular flexibility index (Phi) is 11.8. The van der Waals surface area contributed by atoms with E-state index in [0.29, 0.717) is 22.8 Å². The number of hydrogen-bond donors (Lipinski definition) is 4. The van der Waals surface area contributed by atoms with Crippen LogP contribution in [0, 0.1) is 12.7 Å². The van der Waals surface area contributed by atoms with Gasteiger partial charge < -0.3 is 20.4 Å². The lowest BCUT2D eigenvalue weighted by atomic mass is 10.1. The highest BCUT2D eigenvalue weighted by Crippen LogP contribution is 2.31. The summed E-state index contributed by atoms with van der Waals surface area (Å²) in [7, 11) is 0. The van der Waals surface area contributed by atoms with E-state index in [4.69, 9.17) is 0 Å². The fourth-order valence-electron chi connectivity index (χ4n) is 5.64. The number of benzene rings is 2. The summed E-state index contributed by atoms with van der Waals surface area (Å²) in [4.78, 5) is 19.5. The molecule has 6 rings (SSSR count). The molecule has 0 aliphatic carbocycles. The van der Waals surface area contributed by atoms with Gasteiger partial charge in [-0.2, -0.15) is 15.0 Å². The van der Waals surface area contributed by atoms with Gasteiger partial charge >= 0.3 is 5.97 Å². The first-order valence-electron chi connectivity index (χ1n) is 16.9. The second-order valence-corrected chi connectivity index (χ2v) is 12.5. The van der Waals surface area contributed by atoms with Gasteiger partial charge in [-0.1, -0.05) is 63.6 Å². The van der Waals surface area contributed by atoms with E-state index in [2.05, 4.69) is 37.5 Å². The molecule has 0 saturated heterocycles. The molecule has 0 spiro atoms. The molecular weight excluding hydrogens is 645 g/mol. The van der Waals surface area contributed by atoms with Crippen molar-refractivity contribution in [2.75, 3.05) is 11.9 Å². The summed E-state index contributed by atoms with van der Waals surface area (Å²) in [6.45, 7) is 5.91.